The number of nitrogens with zero attached hydrogens (tertiary/aromatic N) is 2. The van der Waals surface area contributed by atoms with Gasteiger partial charge in [0, 0.05) is 11.9 Å². The topological polar surface area (TPSA) is 76.2 Å². The Kier molecular flexibility index (Phi) is 5.78. The molecule has 0 aliphatic heterocycles. The average molecular weight is 297 g/mol. The number of hydrogen-bond donors (Lipinski definition) is 0. The standard InChI is InChI=1S/C14H17ClN2O3/c1-14(2,10-16)6-3-7-20-13-5-4-11(9-15)8-12(13)17(18)19/h4-5,8H,3,6-7,9H2,1-2H3. The van der Waals surface area contributed by atoms with Gasteiger partial charge in [0.05, 0.1) is 23.0 Å². The van der Waals surface area contributed by atoms with E-state index < -0.39 is 10.3 Å². The van der Waals surface area contributed by atoms with Crippen molar-refractivity contribution in [1.29, 1.82) is 5.26 Å². The second kappa shape index (κ2) is 7.11. The van der Waals surface area contributed by atoms with Crippen molar-refractivity contribution in [2.24, 2.45) is 5.41 Å². The van der Waals surface area contributed by atoms with Crippen LogP contribution in [0.15, 0.2) is 18.2 Å². The number of rotatable bonds is 7. The molecule has 0 aromatic heterocycles. The van der Waals surface area contributed by atoms with Crippen LogP contribution < -0.4 is 4.74 Å². The SMILES string of the molecule is CC(C)(C#N)CCCOc1ccc(CCl)cc1[N+](=O)[O-]. The van der Waals surface area contributed by atoms with Crippen LogP contribution in [-0.2, 0) is 5.88 Å². The number of benzene rings is 1. The summed E-state index contributed by atoms with van der Waals surface area (Å²) in [5.74, 6) is 0.455. The quantitative estimate of drug-likeness (QED) is 0.329. The van der Waals surface area contributed by atoms with Gasteiger partial charge in [0.25, 0.3) is 0 Å². The molecule has 0 aliphatic carbocycles. The molecule has 1 aromatic rings. The Morgan fingerprint density at radius 2 is 2.20 bits per heavy atom. The third kappa shape index (κ3) is 4.71. The molecule has 0 radical (unpaired) electrons. The molecular weight excluding hydrogens is 280 g/mol. The van der Waals surface area contributed by atoms with Crippen molar-refractivity contribution >= 4 is 17.3 Å². The molecule has 6 heteroatoms. The summed E-state index contributed by atoms with van der Waals surface area (Å²) < 4.78 is 5.44. The lowest BCUT2D eigenvalue weighted by molar-refractivity contribution is -0.385. The van der Waals surface area contributed by atoms with Crippen molar-refractivity contribution in [3.05, 3.63) is 33.9 Å². The van der Waals surface area contributed by atoms with Crippen molar-refractivity contribution in [2.45, 2.75) is 32.6 Å². The average Bonchev–Trinajstić information content (AvgIpc) is 2.43. The fraction of sp³-hybridized carbons (Fsp3) is 0.500. The van der Waals surface area contributed by atoms with Gasteiger partial charge in [-0.3, -0.25) is 10.1 Å². The van der Waals surface area contributed by atoms with Gasteiger partial charge in [-0.15, -0.1) is 11.6 Å². The van der Waals surface area contributed by atoms with Crippen molar-refractivity contribution in [1.82, 2.24) is 0 Å². The summed E-state index contributed by atoms with van der Waals surface area (Å²) in [6.45, 7) is 4.04. The van der Waals surface area contributed by atoms with E-state index in [-0.39, 0.29) is 17.3 Å². The highest BCUT2D eigenvalue weighted by atomic mass is 35.5. The normalized spacial score (nSPS) is 10.9. The van der Waals surface area contributed by atoms with E-state index in [1.165, 1.54) is 6.07 Å². The van der Waals surface area contributed by atoms with Crippen LogP contribution in [0, 0.1) is 26.9 Å². The third-order valence-corrected chi connectivity index (χ3v) is 3.19. The van der Waals surface area contributed by atoms with E-state index in [9.17, 15) is 10.1 Å². The van der Waals surface area contributed by atoms with Gasteiger partial charge in [-0.05, 0) is 38.3 Å². The van der Waals surface area contributed by atoms with E-state index >= 15 is 0 Å². The molecule has 5 nitrogen and oxygen atoms in total. The van der Waals surface area contributed by atoms with Crippen LogP contribution in [0.1, 0.15) is 32.3 Å². The number of nitriles is 1. The summed E-state index contributed by atoms with van der Waals surface area (Å²) in [5.41, 5.74) is 0.191. The second-order valence-electron chi connectivity index (χ2n) is 5.14. The molecule has 1 rings (SSSR count). The Bertz CT molecular complexity index is 524. The maximum absolute atomic E-state index is 11.0. The molecule has 0 bridgehead atoms. The Labute approximate surface area is 123 Å². The van der Waals surface area contributed by atoms with E-state index in [1.54, 1.807) is 12.1 Å². The molecule has 0 saturated heterocycles. The van der Waals surface area contributed by atoms with Crippen LogP contribution >= 0.6 is 11.6 Å². The van der Waals surface area contributed by atoms with Crippen molar-refractivity contribution < 1.29 is 9.66 Å². The van der Waals surface area contributed by atoms with Gasteiger partial charge in [0.15, 0.2) is 5.75 Å². The predicted molar refractivity (Wildman–Crippen MR) is 76.8 cm³/mol. The minimum atomic E-state index is -0.482. The highest BCUT2D eigenvalue weighted by molar-refractivity contribution is 6.17. The van der Waals surface area contributed by atoms with Gasteiger partial charge < -0.3 is 4.74 Å². The van der Waals surface area contributed by atoms with Crippen LogP contribution in [0.2, 0.25) is 0 Å². The Hall–Kier alpha value is -1.80. The summed E-state index contributed by atoms with van der Waals surface area (Å²) in [6, 6.07) is 6.89. The molecule has 0 heterocycles. The van der Waals surface area contributed by atoms with Crippen LogP contribution in [0.25, 0.3) is 0 Å². The highest BCUT2D eigenvalue weighted by Crippen LogP contribution is 2.29. The number of hydrogen-bond acceptors (Lipinski definition) is 4. The minimum Gasteiger partial charge on any atom is -0.487 e. The van der Waals surface area contributed by atoms with Gasteiger partial charge in [-0.25, -0.2) is 0 Å². The molecule has 0 fully saturated rings. The molecule has 0 N–H and O–H groups in total. The van der Waals surface area contributed by atoms with Crippen LogP contribution in [0.4, 0.5) is 5.69 Å². The zero-order chi connectivity index (χ0) is 15.2. The lowest BCUT2D eigenvalue weighted by atomic mass is 9.90. The fourth-order valence-corrected chi connectivity index (χ4v) is 1.83. The first-order valence-corrected chi connectivity index (χ1v) is 6.80. The summed E-state index contributed by atoms with van der Waals surface area (Å²) in [6.07, 6.45) is 1.34. The number of ether oxygens (including phenoxy) is 1. The van der Waals surface area contributed by atoms with E-state index in [2.05, 4.69) is 6.07 Å². The number of nitro benzene ring substituents is 1. The first-order chi connectivity index (χ1) is 9.39. The molecule has 1 aromatic carbocycles. The first kappa shape index (κ1) is 16.3. The van der Waals surface area contributed by atoms with Gasteiger partial charge in [-0.2, -0.15) is 5.26 Å². The highest BCUT2D eigenvalue weighted by Gasteiger charge is 2.18. The molecule has 108 valence electrons. The predicted octanol–water partition coefficient (Wildman–Crippen LogP) is 4.04. The minimum absolute atomic E-state index is 0.0808. The zero-order valence-electron chi connectivity index (χ0n) is 11.6. The van der Waals surface area contributed by atoms with Gasteiger partial charge in [-0.1, -0.05) is 6.07 Å². The van der Waals surface area contributed by atoms with Gasteiger partial charge >= 0.3 is 5.69 Å². The van der Waals surface area contributed by atoms with E-state index in [1.807, 2.05) is 13.8 Å². The molecule has 0 spiro atoms. The maximum Gasteiger partial charge on any atom is 0.311 e. The number of alkyl halides is 1. The zero-order valence-corrected chi connectivity index (χ0v) is 12.3. The molecule has 0 amide bonds. The summed E-state index contributed by atoms with van der Waals surface area (Å²) >= 11 is 5.65. The van der Waals surface area contributed by atoms with Crippen molar-refractivity contribution in [3.8, 4) is 11.8 Å². The maximum atomic E-state index is 11.0. The summed E-state index contributed by atoms with van der Waals surface area (Å²) in [4.78, 5) is 10.5. The first-order valence-electron chi connectivity index (χ1n) is 6.27. The van der Waals surface area contributed by atoms with Crippen molar-refractivity contribution in [2.75, 3.05) is 6.61 Å². The molecular formula is C14H17ClN2O3. The Morgan fingerprint density at radius 1 is 1.50 bits per heavy atom. The van der Waals surface area contributed by atoms with E-state index in [4.69, 9.17) is 21.6 Å². The van der Waals surface area contributed by atoms with Crippen LogP contribution in [0.5, 0.6) is 5.75 Å². The summed E-state index contributed by atoms with van der Waals surface area (Å²) in [7, 11) is 0. The molecule has 0 saturated carbocycles. The molecule has 0 unspecified atom stereocenters. The van der Waals surface area contributed by atoms with Gasteiger partial charge in [0.2, 0.25) is 0 Å². The molecule has 0 aliphatic rings. The van der Waals surface area contributed by atoms with Crippen LogP contribution in [0.3, 0.4) is 0 Å². The summed E-state index contributed by atoms with van der Waals surface area (Å²) in [5, 5.41) is 19.9. The number of nitro groups is 1. The number of halogens is 1. The smallest absolute Gasteiger partial charge is 0.311 e. The third-order valence-electron chi connectivity index (χ3n) is 2.88. The lowest BCUT2D eigenvalue weighted by Crippen LogP contribution is -2.10. The monoisotopic (exact) mass is 296 g/mol. The molecule has 20 heavy (non-hydrogen) atoms. The second-order valence-corrected chi connectivity index (χ2v) is 5.41. The van der Waals surface area contributed by atoms with E-state index in [0.717, 1.165) is 0 Å². The van der Waals surface area contributed by atoms with Crippen LogP contribution in [-0.4, -0.2) is 11.5 Å². The van der Waals surface area contributed by atoms with Crippen molar-refractivity contribution in [3.63, 3.8) is 0 Å². The Morgan fingerprint density at radius 3 is 2.75 bits per heavy atom. The lowest BCUT2D eigenvalue weighted by Gasteiger charge is -2.14. The Balaban J connectivity index is 2.65. The van der Waals surface area contributed by atoms with Gasteiger partial charge in [0.1, 0.15) is 0 Å². The van der Waals surface area contributed by atoms with E-state index in [0.29, 0.717) is 25.0 Å². The largest absolute Gasteiger partial charge is 0.487 e. The molecule has 0 atom stereocenters. The fourth-order valence-electron chi connectivity index (χ4n) is 1.66.